The zero-order valence-electron chi connectivity index (χ0n) is 19.5. The largest absolute Gasteiger partial charge is 0.457 e. The maximum atomic E-state index is 5.81. The Morgan fingerprint density at radius 1 is 0.333 bits per heavy atom. The Balaban J connectivity index is 1.34. The number of rotatable bonds is 0. The minimum Gasteiger partial charge on any atom is -0.457 e. The molecule has 2 aliphatic rings. The molecule has 3 aromatic heterocycles. The van der Waals surface area contributed by atoms with Crippen LogP contribution >= 0.6 is 0 Å². The fourth-order valence-corrected chi connectivity index (χ4v) is 3.38. The number of fused-ring (bicyclic) bond motifs is 7. The first kappa shape index (κ1) is 22.9. The lowest BCUT2D eigenvalue weighted by molar-refractivity contribution is -0.417. The number of carbonyl (C=O) groups excluding carboxylic acids is 1. The fraction of sp³-hybridized carbons (Fsp3) is 0. The second-order valence-electron chi connectivity index (χ2n) is 7.83. The topological polar surface area (TPSA) is 50.7 Å². The zero-order chi connectivity index (χ0) is 24.4. The molecule has 0 N–H and O–H groups in total. The molecule has 8 bridgehead atoms. The van der Waals surface area contributed by atoms with Crippen molar-refractivity contribution < 1.29 is 17.7 Å². The van der Waals surface area contributed by atoms with Crippen molar-refractivity contribution in [3.63, 3.8) is 0 Å². The van der Waals surface area contributed by atoms with Crippen LogP contribution in [-0.2, 0) is 4.42 Å². The highest BCUT2D eigenvalue weighted by Crippen LogP contribution is 2.17. The molecule has 0 aromatic carbocycles. The molecular formula is C32H24O4+. The number of hydrogen-bond donors (Lipinski definition) is 0. The summed E-state index contributed by atoms with van der Waals surface area (Å²) in [5.41, 5.74) is 0. The molecule has 0 saturated heterocycles. The monoisotopic (exact) mass is 472 g/mol. The average Bonchev–Trinajstić information content (AvgIpc) is 3.69. The average molecular weight is 473 g/mol. The number of allylic oxidation sites excluding steroid dienone is 10. The van der Waals surface area contributed by atoms with Gasteiger partial charge in [-0.3, -0.25) is 0 Å². The van der Waals surface area contributed by atoms with Crippen LogP contribution < -0.4 is 0 Å². The number of furan rings is 3. The van der Waals surface area contributed by atoms with Gasteiger partial charge in [-0.2, -0.15) is 0 Å². The Kier molecular flexibility index (Phi) is 7.35. The minimum absolute atomic E-state index is 0.751. The summed E-state index contributed by atoms with van der Waals surface area (Å²) in [6, 6.07) is 11.5. The van der Waals surface area contributed by atoms with E-state index in [1.54, 1.807) is 0 Å². The van der Waals surface area contributed by atoms with Crippen molar-refractivity contribution in [1.29, 1.82) is 0 Å². The normalized spacial score (nSPS) is 23.1. The van der Waals surface area contributed by atoms with Crippen LogP contribution in [0.25, 0.3) is 36.5 Å². The Morgan fingerprint density at radius 2 is 0.694 bits per heavy atom. The van der Waals surface area contributed by atoms with Crippen LogP contribution in [0.15, 0.2) is 123 Å². The maximum Gasteiger partial charge on any atom is 0.417 e. The molecule has 175 valence electrons. The van der Waals surface area contributed by atoms with Crippen LogP contribution in [0.1, 0.15) is 34.6 Å². The highest BCUT2D eigenvalue weighted by atomic mass is 16.4. The van der Waals surface area contributed by atoms with Crippen molar-refractivity contribution in [3.05, 3.63) is 150 Å². The third-order valence-corrected chi connectivity index (χ3v) is 5.12. The van der Waals surface area contributed by atoms with E-state index in [1.165, 1.54) is 0 Å². The van der Waals surface area contributed by atoms with Crippen molar-refractivity contribution in [2.24, 2.45) is 0 Å². The van der Waals surface area contributed by atoms with E-state index >= 15 is 0 Å². The second-order valence-corrected chi connectivity index (χ2v) is 7.83. The predicted octanol–water partition coefficient (Wildman–Crippen LogP) is 8.28. The third-order valence-electron chi connectivity index (χ3n) is 5.12. The van der Waals surface area contributed by atoms with Gasteiger partial charge >= 0.3 is 11.9 Å². The van der Waals surface area contributed by atoms with Gasteiger partial charge in [0.05, 0.1) is 0 Å². The first-order chi connectivity index (χ1) is 17.8. The smallest absolute Gasteiger partial charge is 0.417 e. The van der Waals surface area contributed by atoms with Crippen LogP contribution in [0.5, 0.6) is 0 Å². The van der Waals surface area contributed by atoms with E-state index in [0.717, 1.165) is 46.4 Å². The lowest BCUT2D eigenvalue weighted by Crippen LogP contribution is -1.89. The first-order valence-electron chi connectivity index (χ1n) is 11.6. The van der Waals surface area contributed by atoms with Gasteiger partial charge < -0.3 is 13.3 Å². The molecule has 0 unspecified atom stereocenters. The summed E-state index contributed by atoms with van der Waals surface area (Å²) in [6.45, 7) is 0. The Morgan fingerprint density at radius 3 is 1.17 bits per heavy atom. The van der Waals surface area contributed by atoms with Crippen molar-refractivity contribution in [1.82, 2.24) is 0 Å². The molecule has 2 aliphatic heterocycles. The first-order valence-corrected chi connectivity index (χ1v) is 11.6. The third kappa shape index (κ3) is 6.61. The maximum absolute atomic E-state index is 5.81. The summed E-state index contributed by atoms with van der Waals surface area (Å²) in [6.07, 6.45) is 35.2. The van der Waals surface area contributed by atoms with Crippen LogP contribution in [0, 0.1) is 6.10 Å². The van der Waals surface area contributed by atoms with Gasteiger partial charge in [-0.15, -0.1) is 0 Å². The van der Waals surface area contributed by atoms with E-state index in [1.807, 2.05) is 146 Å². The second kappa shape index (κ2) is 11.5. The highest BCUT2D eigenvalue weighted by molar-refractivity contribution is 6.03. The standard InChI is InChI=1S/C32H24O4/c1-2-6-10-26-14-18-30(34-26)23-24-32-20-16-28(36-32)12-8-4-3-7-11-27-15-19-31(35-27)22-21-29-17-13-25(33-29)9-5-1/h1-24H/q+1/b2-1-,9-5-,10-6-. The van der Waals surface area contributed by atoms with Gasteiger partial charge in [-0.1, -0.05) is 48.6 Å². The lowest BCUT2D eigenvalue weighted by atomic mass is 10.2. The summed E-state index contributed by atoms with van der Waals surface area (Å²) in [4.78, 5) is 0. The van der Waals surface area contributed by atoms with Crippen LogP contribution in [0.3, 0.4) is 0 Å². The highest BCUT2D eigenvalue weighted by Gasteiger charge is 2.22. The van der Waals surface area contributed by atoms with Crippen LogP contribution in [0.4, 0.5) is 0 Å². The van der Waals surface area contributed by atoms with Crippen molar-refractivity contribution in [2.75, 3.05) is 0 Å². The SMILES string of the molecule is C1=CC2=[O+][C]1\C=C/C=C\C=C/c1ccc(o1)/C=C\c1ccc(o1)\C=C/C=C\C=C/c1ccc(o1)/C=C\2. The van der Waals surface area contributed by atoms with Crippen molar-refractivity contribution in [2.45, 2.75) is 0 Å². The lowest BCUT2D eigenvalue weighted by Gasteiger charge is -1.87. The number of hydrogen-bond acceptors (Lipinski definition) is 3. The molecular weight excluding hydrogens is 448 g/mol. The van der Waals surface area contributed by atoms with E-state index in [9.17, 15) is 0 Å². The van der Waals surface area contributed by atoms with E-state index in [0.29, 0.717) is 0 Å². The number of ketones is 1. The van der Waals surface area contributed by atoms with Gasteiger partial charge in [0, 0.05) is 24.3 Å². The van der Waals surface area contributed by atoms with Crippen LogP contribution in [0.2, 0.25) is 0 Å². The zero-order valence-corrected chi connectivity index (χ0v) is 19.5. The van der Waals surface area contributed by atoms with Crippen LogP contribution in [-0.4, -0.2) is 5.78 Å². The molecule has 5 rings (SSSR count). The van der Waals surface area contributed by atoms with Gasteiger partial charge in [0.15, 0.2) is 0 Å². The molecule has 4 nitrogen and oxygen atoms in total. The molecule has 5 heterocycles. The molecule has 3 aromatic rings. The molecule has 0 atom stereocenters. The molecule has 0 amide bonds. The predicted molar refractivity (Wildman–Crippen MR) is 146 cm³/mol. The molecule has 0 fully saturated rings. The molecule has 1 radical (unpaired) electrons. The summed E-state index contributed by atoms with van der Waals surface area (Å²) in [5.74, 6) is 5.31. The summed E-state index contributed by atoms with van der Waals surface area (Å²) in [5, 5.41) is 0. The van der Waals surface area contributed by atoms with Gasteiger partial charge in [-0.05, 0) is 72.9 Å². The van der Waals surface area contributed by atoms with Crippen molar-refractivity contribution >= 4 is 42.2 Å². The quantitative estimate of drug-likeness (QED) is 0.309. The van der Waals surface area contributed by atoms with E-state index < -0.39 is 0 Å². The fourth-order valence-electron chi connectivity index (χ4n) is 3.38. The summed E-state index contributed by atoms with van der Waals surface area (Å²) < 4.78 is 23.3. The minimum atomic E-state index is 0.751. The Hall–Kier alpha value is -4.83. The van der Waals surface area contributed by atoms with Crippen molar-refractivity contribution in [3.8, 4) is 0 Å². The van der Waals surface area contributed by atoms with E-state index in [2.05, 4.69) is 0 Å². The Bertz CT molecular complexity index is 1480. The van der Waals surface area contributed by atoms with Gasteiger partial charge in [0.25, 0.3) is 0 Å². The summed E-state index contributed by atoms with van der Waals surface area (Å²) in [7, 11) is 0. The van der Waals surface area contributed by atoms with Gasteiger partial charge in [-0.25, -0.2) is 4.42 Å². The molecule has 0 aliphatic carbocycles. The molecule has 0 saturated carbocycles. The van der Waals surface area contributed by atoms with E-state index in [4.69, 9.17) is 17.7 Å². The molecule has 4 heteroatoms. The van der Waals surface area contributed by atoms with Gasteiger partial charge in [0.1, 0.15) is 34.6 Å². The van der Waals surface area contributed by atoms with Gasteiger partial charge in [0.2, 0.25) is 0 Å². The summed E-state index contributed by atoms with van der Waals surface area (Å²) >= 11 is 0. The van der Waals surface area contributed by atoms with E-state index in [-0.39, 0.29) is 0 Å². The molecule has 0 spiro atoms. The Labute approximate surface area is 209 Å². The molecule has 36 heavy (non-hydrogen) atoms.